The van der Waals surface area contributed by atoms with Gasteiger partial charge in [-0.15, -0.1) is 0 Å². The second kappa shape index (κ2) is 11.2. The van der Waals surface area contributed by atoms with E-state index in [9.17, 15) is 9.59 Å². The molecule has 0 aromatic heterocycles. The lowest BCUT2D eigenvalue weighted by Gasteiger charge is -2.19. The molecule has 0 spiro atoms. The van der Waals surface area contributed by atoms with Gasteiger partial charge in [0.1, 0.15) is 30.3 Å². The third-order valence-corrected chi connectivity index (χ3v) is 6.30. The van der Waals surface area contributed by atoms with Crippen LogP contribution in [-0.2, 0) is 20.9 Å². The summed E-state index contributed by atoms with van der Waals surface area (Å²) in [6, 6.07) is 21.6. The molecule has 0 saturated carbocycles. The molecule has 36 heavy (non-hydrogen) atoms. The van der Waals surface area contributed by atoms with Crippen LogP contribution in [0.1, 0.15) is 11.1 Å². The van der Waals surface area contributed by atoms with Crippen molar-refractivity contribution >= 4 is 52.6 Å². The van der Waals surface area contributed by atoms with Gasteiger partial charge in [-0.1, -0.05) is 48.0 Å². The van der Waals surface area contributed by atoms with Crippen LogP contribution in [0, 0.1) is 0 Å². The van der Waals surface area contributed by atoms with Gasteiger partial charge in [-0.25, -0.2) is 0 Å². The topological polar surface area (TPSA) is 68.3 Å². The Morgan fingerprint density at radius 1 is 1.00 bits per heavy atom. The van der Waals surface area contributed by atoms with Gasteiger partial charge in [0, 0.05) is 16.1 Å². The summed E-state index contributed by atoms with van der Waals surface area (Å²) in [6.45, 7) is 0.0261. The molecule has 1 saturated heterocycles. The maximum atomic E-state index is 13.6. The van der Waals surface area contributed by atoms with Crippen molar-refractivity contribution in [2.75, 3.05) is 25.7 Å². The van der Waals surface area contributed by atoms with Crippen LogP contribution >= 0.6 is 23.8 Å². The van der Waals surface area contributed by atoms with Gasteiger partial charge in [0.2, 0.25) is 0 Å². The minimum Gasteiger partial charge on any atom is -0.497 e. The number of methoxy groups -OCH3 is 2. The Bertz CT molecular complexity index is 1330. The number of carbonyl (C=O) groups excluding carboxylic acids is 2. The van der Waals surface area contributed by atoms with Crippen LogP contribution < -0.4 is 14.4 Å². The predicted molar refractivity (Wildman–Crippen MR) is 142 cm³/mol. The van der Waals surface area contributed by atoms with E-state index in [0.29, 0.717) is 27.8 Å². The zero-order valence-corrected chi connectivity index (χ0v) is 21.2. The summed E-state index contributed by atoms with van der Waals surface area (Å²) in [5.74, 6) is 0.276. The third-order valence-electron chi connectivity index (χ3n) is 5.53. The number of hydrogen-bond acceptors (Lipinski definition) is 6. The van der Waals surface area contributed by atoms with Crippen molar-refractivity contribution in [3.05, 3.63) is 94.6 Å². The van der Waals surface area contributed by atoms with E-state index in [1.165, 1.54) is 16.9 Å². The fourth-order valence-corrected chi connectivity index (χ4v) is 4.18. The van der Waals surface area contributed by atoms with Crippen molar-refractivity contribution < 1.29 is 23.8 Å². The zero-order chi connectivity index (χ0) is 25.7. The van der Waals surface area contributed by atoms with Crippen LogP contribution in [-0.4, -0.2) is 42.7 Å². The molecule has 3 aromatic carbocycles. The van der Waals surface area contributed by atoms with Gasteiger partial charge in [0.05, 0.1) is 19.9 Å². The first kappa shape index (κ1) is 25.2. The number of para-hydroxylation sites is 1. The molecule has 0 aliphatic carbocycles. The van der Waals surface area contributed by atoms with Crippen LogP contribution in [0.5, 0.6) is 11.5 Å². The maximum Gasteiger partial charge on any atom is 0.325 e. The first-order valence-corrected chi connectivity index (χ1v) is 11.7. The maximum absolute atomic E-state index is 13.6. The van der Waals surface area contributed by atoms with Crippen molar-refractivity contribution in [2.24, 2.45) is 0 Å². The molecule has 0 atom stereocenters. The number of ether oxygens (including phenoxy) is 3. The van der Waals surface area contributed by atoms with E-state index in [4.69, 9.17) is 38.0 Å². The number of carbonyl (C=O) groups is 2. The second-order valence-electron chi connectivity index (χ2n) is 7.73. The predicted octanol–water partition coefficient (Wildman–Crippen LogP) is 5.08. The summed E-state index contributed by atoms with van der Waals surface area (Å²) in [7, 11) is 2.84. The highest BCUT2D eigenvalue weighted by atomic mass is 35.5. The average Bonchev–Trinajstić information content (AvgIpc) is 3.12. The van der Waals surface area contributed by atoms with Gasteiger partial charge >= 0.3 is 5.97 Å². The molecule has 3 aromatic rings. The van der Waals surface area contributed by atoms with Crippen molar-refractivity contribution in [1.82, 2.24) is 4.90 Å². The molecule has 0 unspecified atom stereocenters. The van der Waals surface area contributed by atoms with E-state index in [1.54, 1.807) is 49.6 Å². The Morgan fingerprint density at radius 2 is 1.69 bits per heavy atom. The molecule has 1 heterocycles. The first-order chi connectivity index (χ1) is 17.4. The fourth-order valence-electron chi connectivity index (χ4n) is 3.64. The largest absolute Gasteiger partial charge is 0.497 e. The van der Waals surface area contributed by atoms with Crippen molar-refractivity contribution in [3.63, 3.8) is 0 Å². The van der Waals surface area contributed by atoms with Gasteiger partial charge in [-0.3, -0.25) is 14.5 Å². The van der Waals surface area contributed by atoms with Gasteiger partial charge < -0.3 is 19.1 Å². The molecule has 7 nitrogen and oxygen atoms in total. The molecular formula is C27H23ClN2O5S. The van der Waals surface area contributed by atoms with Crippen LogP contribution in [0.3, 0.4) is 0 Å². The number of nitrogens with zero attached hydrogens (tertiary/aromatic N) is 2. The summed E-state index contributed by atoms with van der Waals surface area (Å²) >= 11 is 11.9. The Morgan fingerprint density at radius 3 is 2.39 bits per heavy atom. The standard InChI is InChI=1S/C27H23ClN2O5S/c1-33-21-13-11-20(12-14-21)30-26(32)23(29(27(30)36)16-25(31)34-2)15-18-7-4-6-10-24(18)35-17-19-8-3-5-9-22(19)28/h3-15H,16-17H2,1-2H3/b23-15-. The van der Waals surface area contributed by atoms with Crippen molar-refractivity contribution in [3.8, 4) is 11.5 Å². The lowest BCUT2D eigenvalue weighted by atomic mass is 10.1. The van der Waals surface area contributed by atoms with E-state index >= 15 is 0 Å². The Labute approximate surface area is 219 Å². The van der Waals surface area contributed by atoms with Gasteiger partial charge in [-0.05, 0) is 54.7 Å². The summed E-state index contributed by atoms with van der Waals surface area (Å²) in [6.07, 6.45) is 1.66. The van der Waals surface area contributed by atoms with Crippen molar-refractivity contribution in [2.45, 2.75) is 6.61 Å². The fraction of sp³-hybridized carbons (Fsp3) is 0.148. The van der Waals surface area contributed by atoms with E-state index in [-0.39, 0.29) is 29.9 Å². The second-order valence-corrected chi connectivity index (χ2v) is 8.50. The number of hydrogen-bond donors (Lipinski definition) is 0. The lowest BCUT2D eigenvalue weighted by molar-refractivity contribution is -0.140. The Balaban J connectivity index is 1.69. The number of benzene rings is 3. The highest BCUT2D eigenvalue weighted by Crippen LogP contribution is 2.32. The van der Waals surface area contributed by atoms with E-state index in [2.05, 4.69) is 0 Å². The Hall–Kier alpha value is -3.88. The average molecular weight is 523 g/mol. The number of amides is 1. The molecule has 0 radical (unpaired) electrons. The summed E-state index contributed by atoms with van der Waals surface area (Å²) in [4.78, 5) is 28.6. The Kier molecular flexibility index (Phi) is 7.87. The normalized spacial score (nSPS) is 14.4. The highest BCUT2D eigenvalue weighted by Gasteiger charge is 2.40. The number of thiocarbonyl (C=S) groups is 1. The third kappa shape index (κ3) is 5.35. The van der Waals surface area contributed by atoms with Crippen LogP contribution in [0.15, 0.2) is 78.5 Å². The molecule has 1 fully saturated rings. The zero-order valence-electron chi connectivity index (χ0n) is 19.6. The lowest BCUT2D eigenvalue weighted by Crippen LogP contribution is -2.35. The van der Waals surface area contributed by atoms with Crippen LogP contribution in [0.2, 0.25) is 5.02 Å². The molecule has 184 valence electrons. The quantitative estimate of drug-likeness (QED) is 0.232. The SMILES string of the molecule is COC(=O)CN1C(=S)N(c2ccc(OC)cc2)C(=O)/C1=C/c1ccccc1OCc1ccccc1Cl. The van der Waals surface area contributed by atoms with Gasteiger partial charge in [0.25, 0.3) is 5.91 Å². The molecular weight excluding hydrogens is 500 g/mol. The van der Waals surface area contributed by atoms with Gasteiger partial charge in [0.15, 0.2) is 5.11 Å². The number of anilines is 1. The summed E-state index contributed by atoms with van der Waals surface area (Å²) in [5.41, 5.74) is 2.24. The molecule has 0 bridgehead atoms. The minimum atomic E-state index is -0.532. The molecule has 1 aliphatic rings. The number of rotatable bonds is 8. The number of esters is 1. The molecule has 0 N–H and O–H groups in total. The van der Waals surface area contributed by atoms with Crippen LogP contribution in [0.4, 0.5) is 5.69 Å². The summed E-state index contributed by atoms with van der Waals surface area (Å²) in [5, 5.41) is 0.764. The van der Waals surface area contributed by atoms with Crippen LogP contribution in [0.25, 0.3) is 6.08 Å². The highest BCUT2D eigenvalue weighted by molar-refractivity contribution is 7.80. The van der Waals surface area contributed by atoms with E-state index in [1.807, 2.05) is 36.4 Å². The first-order valence-electron chi connectivity index (χ1n) is 11.0. The molecule has 1 amide bonds. The van der Waals surface area contributed by atoms with E-state index < -0.39 is 5.97 Å². The van der Waals surface area contributed by atoms with E-state index in [0.717, 1.165) is 5.56 Å². The molecule has 4 rings (SSSR count). The monoisotopic (exact) mass is 522 g/mol. The molecule has 1 aliphatic heterocycles. The van der Waals surface area contributed by atoms with Gasteiger partial charge in [-0.2, -0.15) is 0 Å². The minimum absolute atomic E-state index is 0.163. The smallest absolute Gasteiger partial charge is 0.325 e. The summed E-state index contributed by atoms with van der Waals surface area (Å²) < 4.78 is 16.1. The van der Waals surface area contributed by atoms with Crippen molar-refractivity contribution in [1.29, 1.82) is 0 Å². The number of halogens is 1. The molecule has 9 heteroatoms.